The maximum Gasteiger partial charge on any atom is 0.0446 e. The lowest BCUT2D eigenvalue weighted by atomic mass is 9.99. The monoisotopic (exact) mass is 248 g/mol. The first-order chi connectivity index (χ1) is 8.45. The summed E-state index contributed by atoms with van der Waals surface area (Å²) in [6.45, 7) is 9.96. The van der Waals surface area contributed by atoms with Gasteiger partial charge in [0, 0.05) is 18.6 Å². The molecule has 2 heteroatoms. The topological polar surface area (TPSA) is 15.3 Å². The lowest BCUT2D eigenvalue weighted by Gasteiger charge is -2.27. The minimum Gasteiger partial charge on any atom is -0.312 e. The molecule has 0 spiro atoms. The smallest absolute Gasteiger partial charge is 0.0446 e. The Kier molecular flexibility index (Phi) is 5.83. The molecule has 0 radical (unpaired) electrons. The zero-order valence-corrected chi connectivity index (χ0v) is 12.7. The second-order valence-electron chi connectivity index (χ2n) is 5.70. The SMILES string of the molecule is CNC(CN(C)C(C)C)c1ccc(C(C)C)cc1. The fourth-order valence-electron chi connectivity index (χ4n) is 1.98. The fraction of sp³-hybridized carbons (Fsp3) is 0.625. The van der Waals surface area contributed by atoms with Gasteiger partial charge in [0.1, 0.15) is 0 Å². The molecule has 0 saturated carbocycles. The molecular weight excluding hydrogens is 220 g/mol. The molecule has 1 unspecified atom stereocenters. The highest BCUT2D eigenvalue weighted by Gasteiger charge is 2.13. The predicted octanol–water partition coefficient (Wildman–Crippen LogP) is 3.41. The maximum absolute atomic E-state index is 3.41. The molecule has 0 aliphatic rings. The van der Waals surface area contributed by atoms with Gasteiger partial charge in [0.25, 0.3) is 0 Å². The van der Waals surface area contributed by atoms with Gasteiger partial charge in [-0.3, -0.25) is 0 Å². The average Bonchev–Trinajstić information content (AvgIpc) is 2.35. The average molecular weight is 248 g/mol. The second-order valence-corrected chi connectivity index (χ2v) is 5.70. The van der Waals surface area contributed by atoms with E-state index >= 15 is 0 Å². The molecule has 1 aromatic rings. The van der Waals surface area contributed by atoms with Crippen molar-refractivity contribution in [2.75, 3.05) is 20.6 Å². The molecule has 0 heterocycles. The van der Waals surface area contributed by atoms with Crippen molar-refractivity contribution < 1.29 is 0 Å². The summed E-state index contributed by atoms with van der Waals surface area (Å²) in [5, 5.41) is 3.41. The summed E-state index contributed by atoms with van der Waals surface area (Å²) in [5.74, 6) is 0.602. The summed E-state index contributed by atoms with van der Waals surface area (Å²) < 4.78 is 0. The van der Waals surface area contributed by atoms with Gasteiger partial charge in [0.05, 0.1) is 0 Å². The van der Waals surface area contributed by atoms with E-state index in [1.807, 2.05) is 7.05 Å². The van der Waals surface area contributed by atoms with Gasteiger partial charge in [-0.2, -0.15) is 0 Å². The Balaban J connectivity index is 2.76. The quantitative estimate of drug-likeness (QED) is 0.830. The molecule has 1 N–H and O–H groups in total. The van der Waals surface area contributed by atoms with E-state index in [1.165, 1.54) is 11.1 Å². The first-order valence-corrected chi connectivity index (χ1v) is 6.93. The van der Waals surface area contributed by atoms with Crippen LogP contribution in [0.1, 0.15) is 50.8 Å². The number of likely N-dealkylation sites (N-methyl/N-ethyl adjacent to an activating group) is 2. The highest BCUT2D eigenvalue weighted by Crippen LogP contribution is 2.19. The van der Waals surface area contributed by atoms with Crippen LogP contribution in [0.4, 0.5) is 0 Å². The summed E-state index contributed by atoms with van der Waals surface area (Å²) in [6, 6.07) is 9.99. The molecule has 0 saturated heterocycles. The molecular formula is C16H28N2. The van der Waals surface area contributed by atoms with Crippen LogP contribution in [-0.2, 0) is 0 Å². The summed E-state index contributed by atoms with van der Waals surface area (Å²) in [4.78, 5) is 2.37. The third kappa shape index (κ3) is 4.11. The predicted molar refractivity (Wildman–Crippen MR) is 80.1 cm³/mol. The Morgan fingerprint density at radius 1 is 1.00 bits per heavy atom. The molecule has 0 aromatic heterocycles. The zero-order valence-electron chi connectivity index (χ0n) is 12.7. The van der Waals surface area contributed by atoms with Gasteiger partial charge in [-0.25, -0.2) is 0 Å². The van der Waals surface area contributed by atoms with Crippen LogP contribution >= 0.6 is 0 Å². The van der Waals surface area contributed by atoms with Gasteiger partial charge >= 0.3 is 0 Å². The normalized spacial score (nSPS) is 13.6. The first kappa shape index (κ1) is 15.2. The van der Waals surface area contributed by atoms with Crippen molar-refractivity contribution in [2.45, 2.75) is 45.7 Å². The molecule has 0 fully saturated rings. The summed E-state index contributed by atoms with van der Waals surface area (Å²) >= 11 is 0. The summed E-state index contributed by atoms with van der Waals surface area (Å²) in [5.41, 5.74) is 2.78. The van der Waals surface area contributed by atoms with Crippen LogP contribution in [0.5, 0.6) is 0 Å². The van der Waals surface area contributed by atoms with E-state index in [9.17, 15) is 0 Å². The number of rotatable bonds is 6. The molecule has 18 heavy (non-hydrogen) atoms. The Morgan fingerprint density at radius 3 is 1.89 bits per heavy atom. The minimum absolute atomic E-state index is 0.401. The van der Waals surface area contributed by atoms with E-state index in [2.05, 4.69) is 69.2 Å². The van der Waals surface area contributed by atoms with Crippen LogP contribution in [-0.4, -0.2) is 31.6 Å². The zero-order chi connectivity index (χ0) is 13.7. The lowest BCUT2D eigenvalue weighted by molar-refractivity contribution is 0.246. The van der Waals surface area contributed by atoms with E-state index in [1.54, 1.807) is 0 Å². The molecule has 1 rings (SSSR count). The van der Waals surface area contributed by atoms with Gasteiger partial charge in [0.15, 0.2) is 0 Å². The lowest BCUT2D eigenvalue weighted by Crippen LogP contribution is -2.35. The Hall–Kier alpha value is -0.860. The Labute approximate surface area is 112 Å². The van der Waals surface area contributed by atoms with Crippen molar-refractivity contribution in [3.05, 3.63) is 35.4 Å². The second kappa shape index (κ2) is 6.91. The third-order valence-corrected chi connectivity index (χ3v) is 3.71. The molecule has 1 aromatic carbocycles. The van der Waals surface area contributed by atoms with Gasteiger partial charge in [-0.05, 0) is 45.0 Å². The van der Waals surface area contributed by atoms with E-state index < -0.39 is 0 Å². The number of hydrogen-bond donors (Lipinski definition) is 1. The molecule has 2 nitrogen and oxygen atoms in total. The van der Waals surface area contributed by atoms with Crippen molar-refractivity contribution in [1.29, 1.82) is 0 Å². The van der Waals surface area contributed by atoms with Crippen LogP contribution in [0.3, 0.4) is 0 Å². The highest BCUT2D eigenvalue weighted by atomic mass is 15.1. The number of nitrogens with zero attached hydrogens (tertiary/aromatic N) is 1. The summed E-state index contributed by atoms with van der Waals surface area (Å²) in [6.07, 6.45) is 0. The van der Waals surface area contributed by atoms with E-state index in [0.29, 0.717) is 18.0 Å². The largest absolute Gasteiger partial charge is 0.312 e. The van der Waals surface area contributed by atoms with Crippen molar-refractivity contribution in [3.63, 3.8) is 0 Å². The van der Waals surface area contributed by atoms with Crippen LogP contribution in [0, 0.1) is 0 Å². The van der Waals surface area contributed by atoms with Gasteiger partial charge in [-0.1, -0.05) is 38.1 Å². The standard InChI is InChI=1S/C16H28N2/c1-12(2)14-7-9-15(10-8-14)16(17-5)11-18(6)13(3)4/h7-10,12-13,16-17H,11H2,1-6H3. The van der Waals surface area contributed by atoms with Gasteiger partial charge in [0.2, 0.25) is 0 Å². The minimum atomic E-state index is 0.401. The highest BCUT2D eigenvalue weighted by molar-refractivity contribution is 5.27. The fourth-order valence-corrected chi connectivity index (χ4v) is 1.98. The van der Waals surface area contributed by atoms with Crippen molar-refractivity contribution >= 4 is 0 Å². The van der Waals surface area contributed by atoms with Gasteiger partial charge < -0.3 is 10.2 Å². The van der Waals surface area contributed by atoms with Crippen LogP contribution in [0.2, 0.25) is 0 Å². The van der Waals surface area contributed by atoms with Crippen LogP contribution < -0.4 is 5.32 Å². The maximum atomic E-state index is 3.41. The summed E-state index contributed by atoms with van der Waals surface area (Å²) in [7, 11) is 4.21. The van der Waals surface area contributed by atoms with E-state index in [-0.39, 0.29) is 0 Å². The number of hydrogen-bond acceptors (Lipinski definition) is 2. The molecule has 0 aliphatic carbocycles. The Morgan fingerprint density at radius 2 is 1.50 bits per heavy atom. The Bertz CT molecular complexity index is 341. The van der Waals surface area contributed by atoms with Crippen LogP contribution in [0.25, 0.3) is 0 Å². The van der Waals surface area contributed by atoms with E-state index in [4.69, 9.17) is 0 Å². The van der Waals surface area contributed by atoms with Crippen molar-refractivity contribution in [2.24, 2.45) is 0 Å². The van der Waals surface area contributed by atoms with E-state index in [0.717, 1.165) is 6.54 Å². The van der Waals surface area contributed by atoms with Crippen LogP contribution in [0.15, 0.2) is 24.3 Å². The third-order valence-electron chi connectivity index (χ3n) is 3.71. The molecule has 0 bridgehead atoms. The molecule has 1 atom stereocenters. The van der Waals surface area contributed by atoms with Crippen molar-refractivity contribution in [3.8, 4) is 0 Å². The molecule has 0 aliphatic heterocycles. The molecule has 102 valence electrons. The molecule has 0 amide bonds. The number of nitrogens with one attached hydrogen (secondary N) is 1. The first-order valence-electron chi connectivity index (χ1n) is 6.93. The van der Waals surface area contributed by atoms with Gasteiger partial charge in [-0.15, -0.1) is 0 Å². The van der Waals surface area contributed by atoms with Crippen molar-refractivity contribution in [1.82, 2.24) is 10.2 Å². The number of benzene rings is 1.